The molecule has 4 heteroatoms. The molecule has 3 rings (SSSR count). The van der Waals surface area contributed by atoms with Gasteiger partial charge in [0.1, 0.15) is 0 Å². The molecule has 20 heavy (non-hydrogen) atoms. The molecule has 104 valence electrons. The summed E-state index contributed by atoms with van der Waals surface area (Å²) in [7, 11) is 0. The number of rotatable bonds is 3. The number of hydrogen-bond acceptors (Lipinski definition) is 4. The average Bonchev–Trinajstić information content (AvgIpc) is 2.93. The topological polar surface area (TPSA) is 51.8 Å². The predicted octanol–water partition coefficient (Wildman–Crippen LogP) is 4.03. The third-order valence-electron chi connectivity index (χ3n) is 3.74. The molecule has 1 aliphatic carbocycles. The van der Waals surface area contributed by atoms with Crippen molar-refractivity contribution in [3.8, 4) is 11.5 Å². The molecule has 0 aromatic carbocycles. The van der Waals surface area contributed by atoms with Crippen molar-refractivity contribution in [2.24, 2.45) is 5.92 Å². The van der Waals surface area contributed by atoms with E-state index < -0.39 is 0 Å². The minimum absolute atomic E-state index is 0.553. The molecule has 0 spiro atoms. The zero-order valence-corrected chi connectivity index (χ0v) is 11.7. The zero-order chi connectivity index (χ0) is 13.8. The normalized spacial score (nSPS) is 16.9. The molecular weight excluding hydrogens is 250 g/mol. The lowest BCUT2D eigenvalue weighted by Gasteiger charge is -2.17. The van der Waals surface area contributed by atoms with E-state index in [0.29, 0.717) is 17.6 Å². The van der Waals surface area contributed by atoms with Crippen molar-refractivity contribution in [3.63, 3.8) is 0 Å². The maximum absolute atomic E-state index is 5.19. The van der Waals surface area contributed by atoms with Gasteiger partial charge in [0.05, 0.1) is 5.69 Å². The summed E-state index contributed by atoms with van der Waals surface area (Å²) in [5.41, 5.74) is 1.87. The Kier molecular flexibility index (Phi) is 3.90. The van der Waals surface area contributed by atoms with E-state index in [2.05, 4.69) is 27.3 Å². The first-order valence-corrected chi connectivity index (χ1v) is 7.26. The van der Waals surface area contributed by atoms with Crippen molar-refractivity contribution >= 4 is 6.08 Å². The number of pyridine rings is 1. The van der Waals surface area contributed by atoms with Crippen LogP contribution in [0.25, 0.3) is 17.5 Å². The van der Waals surface area contributed by atoms with Crippen molar-refractivity contribution in [2.45, 2.75) is 39.0 Å². The molecule has 0 N–H and O–H groups in total. The first-order valence-electron chi connectivity index (χ1n) is 7.26. The molecular formula is C16H19N3O. The fourth-order valence-electron chi connectivity index (χ4n) is 2.65. The highest BCUT2D eigenvalue weighted by Gasteiger charge is 2.10. The lowest BCUT2D eigenvalue weighted by atomic mass is 9.89. The van der Waals surface area contributed by atoms with Gasteiger partial charge in [-0.1, -0.05) is 30.5 Å². The molecule has 0 unspecified atom stereocenters. The van der Waals surface area contributed by atoms with Gasteiger partial charge in [-0.25, -0.2) is 0 Å². The maximum Gasteiger partial charge on any atom is 0.258 e. The van der Waals surface area contributed by atoms with Gasteiger partial charge >= 0.3 is 0 Å². The highest BCUT2D eigenvalue weighted by Crippen LogP contribution is 2.25. The van der Waals surface area contributed by atoms with Gasteiger partial charge in [0, 0.05) is 11.8 Å². The Bertz CT molecular complexity index is 597. The summed E-state index contributed by atoms with van der Waals surface area (Å²) in [6, 6.07) is 3.89. The van der Waals surface area contributed by atoms with Crippen LogP contribution < -0.4 is 0 Å². The van der Waals surface area contributed by atoms with Crippen molar-refractivity contribution in [2.75, 3.05) is 0 Å². The third-order valence-corrected chi connectivity index (χ3v) is 3.74. The molecule has 0 atom stereocenters. The van der Waals surface area contributed by atoms with E-state index in [-0.39, 0.29) is 0 Å². The Morgan fingerprint density at radius 2 is 2.10 bits per heavy atom. The number of aromatic nitrogens is 3. The van der Waals surface area contributed by atoms with Crippen LogP contribution in [-0.4, -0.2) is 15.1 Å². The van der Waals surface area contributed by atoms with Crippen molar-refractivity contribution in [1.29, 1.82) is 0 Å². The second-order valence-electron chi connectivity index (χ2n) is 5.37. The van der Waals surface area contributed by atoms with Crippen molar-refractivity contribution < 1.29 is 4.52 Å². The van der Waals surface area contributed by atoms with E-state index in [1.54, 1.807) is 6.20 Å². The third kappa shape index (κ3) is 3.13. The largest absolute Gasteiger partial charge is 0.334 e. The zero-order valence-electron chi connectivity index (χ0n) is 11.7. The van der Waals surface area contributed by atoms with Crippen LogP contribution in [-0.2, 0) is 0 Å². The Labute approximate surface area is 118 Å². The molecule has 1 saturated carbocycles. The SMILES string of the molecule is Cc1noc(-c2ccnc(C=CC3CCCCC3)c2)n1. The first-order chi connectivity index (χ1) is 9.81. The molecule has 2 heterocycles. The summed E-state index contributed by atoms with van der Waals surface area (Å²) in [6.45, 7) is 1.82. The number of nitrogens with zero attached hydrogens (tertiary/aromatic N) is 3. The van der Waals surface area contributed by atoms with Gasteiger partial charge in [0.15, 0.2) is 5.82 Å². The van der Waals surface area contributed by atoms with Gasteiger partial charge in [-0.2, -0.15) is 4.98 Å². The van der Waals surface area contributed by atoms with Crippen molar-refractivity contribution in [1.82, 2.24) is 15.1 Å². The number of allylic oxidation sites excluding steroid dienone is 1. The summed E-state index contributed by atoms with van der Waals surface area (Å²) >= 11 is 0. The van der Waals surface area contributed by atoms with Crippen molar-refractivity contribution in [3.05, 3.63) is 35.9 Å². The Morgan fingerprint density at radius 3 is 2.85 bits per heavy atom. The summed E-state index contributed by atoms with van der Waals surface area (Å²) in [5, 5.41) is 3.82. The molecule has 0 aliphatic heterocycles. The monoisotopic (exact) mass is 269 g/mol. The summed E-state index contributed by atoms with van der Waals surface area (Å²) in [5.74, 6) is 1.91. The molecule has 1 aliphatic rings. The van der Waals surface area contributed by atoms with Crippen LogP contribution in [0.1, 0.15) is 43.6 Å². The minimum atomic E-state index is 0.553. The molecule has 4 nitrogen and oxygen atoms in total. The fourth-order valence-corrected chi connectivity index (χ4v) is 2.65. The number of hydrogen-bond donors (Lipinski definition) is 0. The van der Waals surface area contributed by atoms with Gasteiger partial charge < -0.3 is 4.52 Å². The average molecular weight is 269 g/mol. The van der Waals surface area contributed by atoms with Crippen LogP contribution in [0, 0.1) is 12.8 Å². The van der Waals surface area contributed by atoms with E-state index in [4.69, 9.17) is 4.52 Å². The van der Waals surface area contributed by atoms with E-state index in [1.807, 2.05) is 19.1 Å². The molecule has 2 aromatic heterocycles. The van der Waals surface area contributed by atoms with Gasteiger partial charge in [-0.15, -0.1) is 0 Å². The lowest BCUT2D eigenvalue weighted by Crippen LogP contribution is -2.02. The highest BCUT2D eigenvalue weighted by atomic mass is 16.5. The quantitative estimate of drug-likeness (QED) is 0.844. The highest BCUT2D eigenvalue weighted by molar-refractivity contribution is 5.58. The first kappa shape index (κ1) is 13.0. The van der Waals surface area contributed by atoms with E-state index in [9.17, 15) is 0 Å². The summed E-state index contributed by atoms with van der Waals surface area (Å²) in [4.78, 5) is 8.62. The second kappa shape index (κ2) is 5.99. The molecule has 0 amide bonds. The molecule has 0 saturated heterocycles. The van der Waals surface area contributed by atoms with E-state index in [0.717, 1.165) is 11.3 Å². The fraction of sp³-hybridized carbons (Fsp3) is 0.438. The Morgan fingerprint density at radius 1 is 1.25 bits per heavy atom. The van der Waals surface area contributed by atoms with Gasteiger partial charge in [-0.05, 0) is 43.9 Å². The van der Waals surface area contributed by atoms with Crippen LogP contribution in [0.15, 0.2) is 28.9 Å². The molecule has 2 aromatic rings. The Hall–Kier alpha value is -1.97. The van der Waals surface area contributed by atoms with Gasteiger partial charge in [-0.3, -0.25) is 4.98 Å². The predicted molar refractivity (Wildman–Crippen MR) is 77.9 cm³/mol. The van der Waals surface area contributed by atoms with Gasteiger partial charge in [0.25, 0.3) is 5.89 Å². The summed E-state index contributed by atoms with van der Waals surface area (Å²) < 4.78 is 5.19. The van der Waals surface area contributed by atoms with Crippen LogP contribution in [0.4, 0.5) is 0 Å². The van der Waals surface area contributed by atoms with Crippen LogP contribution in [0.5, 0.6) is 0 Å². The smallest absolute Gasteiger partial charge is 0.258 e. The minimum Gasteiger partial charge on any atom is -0.334 e. The molecule has 0 radical (unpaired) electrons. The lowest BCUT2D eigenvalue weighted by molar-refractivity contribution is 0.420. The van der Waals surface area contributed by atoms with Crippen LogP contribution in [0.3, 0.4) is 0 Å². The van der Waals surface area contributed by atoms with E-state index in [1.165, 1.54) is 32.1 Å². The molecule has 1 fully saturated rings. The van der Waals surface area contributed by atoms with Gasteiger partial charge in [0.2, 0.25) is 0 Å². The van der Waals surface area contributed by atoms with Crippen LogP contribution >= 0.6 is 0 Å². The number of aryl methyl sites for hydroxylation is 1. The Balaban J connectivity index is 1.75. The maximum atomic E-state index is 5.19. The standard InChI is InChI=1S/C16H19N3O/c1-12-18-16(20-19-12)14-9-10-17-15(11-14)8-7-13-5-3-2-4-6-13/h7-11,13H,2-6H2,1H3. The molecule has 0 bridgehead atoms. The second-order valence-corrected chi connectivity index (χ2v) is 5.37. The van der Waals surface area contributed by atoms with E-state index >= 15 is 0 Å². The summed E-state index contributed by atoms with van der Waals surface area (Å²) in [6.07, 6.45) is 12.9. The van der Waals surface area contributed by atoms with Crippen LogP contribution in [0.2, 0.25) is 0 Å².